The number of carbonyl (C=O) groups is 1. The number of amides is 1. The highest BCUT2D eigenvalue weighted by molar-refractivity contribution is 6.30. The zero-order valence-electron chi connectivity index (χ0n) is 15.1. The molecule has 1 aromatic heterocycles. The molecule has 7 nitrogen and oxygen atoms in total. The summed E-state index contributed by atoms with van der Waals surface area (Å²) >= 11 is 6.00. The molecule has 8 heteroatoms. The maximum absolute atomic E-state index is 11.4. The summed E-state index contributed by atoms with van der Waals surface area (Å²) in [6.45, 7) is 0.425. The Labute approximate surface area is 167 Å². The quantitative estimate of drug-likeness (QED) is 0.475. The Kier molecular flexibility index (Phi) is 6.65. The Morgan fingerprint density at radius 3 is 2.68 bits per heavy atom. The van der Waals surface area contributed by atoms with Gasteiger partial charge in [0.1, 0.15) is 18.1 Å². The lowest BCUT2D eigenvalue weighted by atomic mass is 10.1. The van der Waals surface area contributed by atoms with E-state index in [0.29, 0.717) is 28.6 Å². The molecule has 0 aliphatic carbocycles. The van der Waals surface area contributed by atoms with Crippen molar-refractivity contribution < 1.29 is 14.1 Å². The van der Waals surface area contributed by atoms with E-state index in [1.807, 2.05) is 48.5 Å². The largest absolute Gasteiger partial charge is 0.486 e. The predicted molar refractivity (Wildman–Crippen MR) is 107 cm³/mol. The van der Waals surface area contributed by atoms with E-state index in [2.05, 4.69) is 10.5 Å². The second-order valence-electron chi connectivity index (χ2n) is 6.19. The Morgan fingerprint density at radius 1 is 1.21 bits per heavy atom. The summed E-state index contributed by atoms with van der Waals surface area (Å²) in [5, 5.41) is 7.54. The first-order valence-electron chi connectivity index (χ1n) is 8.71. The van der Waals surface area contributed by atoms with E-state index < -0.39 is 11.9 Å². The van der Waals surface area contributed by atoms with E-state index in [-0.39, 0.29) is 13.3 Å². The molecule has 146 valence electrons. The molecule has 0 radical (unpaired) electrons. The topological polar surface area (TPSA) is 116 Å². The molecule has 0 saturated carbocycles. The molecule has 28 heavy (non-hydrogen) atoms. The van der Waals surface area contributed by atoms with Crippen molar-refractivity contribution in [2.75, 3.05) is 6.67 Å². The summed E-state index contributed by atoms with van der Waals surface area (Å²) in [5.41, 5.74) is 13.3. The van der Waals surface area contributed by atoms with Gasteiger partial charge in [-0.15, -0.1) is 0 Å². The number of carbonyl (C=O) groups excluding carboxylic acids is 1. The molecule has 1 amide bonds. The molecule has 2 aromatic carbocycles. The third kappa shape index (κ3) is 5.32. The van der Waals surface area contributed by atoms with Crippen molar-refractivity contribution in [3.63, 3.8) is 0 Å². The molecule has 3 aromatic rings. The molecule has 0 spiro atoms. The van der Waals surface area contributed by atoms with Crippen LogP contribution < -0.4 is 21.5 Å². The van der Waals surface area contributed by atoms with Crippen molar-refractivity contribution in [3.05, 3.63) is 70.9 Å². The number of hydrogen-bond acceptors (Lipinski definition) is 6. The van der Waals surface area contributed by atoms with Crippen LogP contribution in [0, 0.1) is 0 Å². The van der Waals surface area contributed by atoms with Gasteiger partial charge in [0.15, 0.2) is 5.76 Å². The van der Waals surface area contributed by atoms with E-state index in [1.165, 1.54) is 0 Å². The lowest BCUT2D eigenvalue weighted by molar-refractivity contribution is -0.120. The van der Waals surface area contributed by atoms with Gasteiger partial charge in [-0.3, -0.25) is 10.1 Å². The van der Waals surface area contributed by atoms with Crippen molar-refractivity contribution in [2.24, 2.45) is 11.5 Å². The van der Waals surface area contributed by atoms with Gasteiger partial charge in [-0.2, -0.15) is 0 Å². The summed E-state index contributed by atoms with van der Waals surface area (Å²) in [6.07, 6.45) is 0.456. The van der Waals surface area contributed by atoms with Gasteiger partial charge >= 0.3 is 0 Å². The van der Waals surface area contributed by atoms with Gasteiger partial charge in [-0.1, -0.05) is 41.0 Å². The van der Waals surface area contributed by atoms with E-state index >= 15 is 0 Å². The van der Waals surface area contributed by atoms with E-state index in [9.17, 15) is 4.79 Å². The minimum Gasteiger partial charge on any atom is -0.486 e. The summed E-state index contributed by atoms with van der Waals surface area (Å²) < 4.78 is 11.1. The number of hydrogen-bond donors (Lipinski definition) is 3. The molecule has 0 aliphatic heterocycles. The number of rotatable bonds is 9. The highest BCUT2D eigenvalue weighted by Crippen LogP contribution is 2.23. The number of halogens is 1. The minimum atomic E-state index is -0.504. The summed E-state index contributed by atoms with van der Waals surface area (Å²) in [4.78, 5) is 11.4. The standard InChI is InChI=1S/C20H21ClN4O3/c21-15-3-1-2-14(9-15)18-10-17(28-25-18)11-27-16-6-4-13(5-7-16)8-19(20(23)26)24-12-22/h1-7,9-10,19,24H,8,11-12,22H2,(H2,23,26)/t19-/m0/s1. The SMILES string of the molecule is NCN[C@@H](Cc1ccc(OCc2cc(-c3cccc(Cl)c3)no2)cc1)C(N)=O. The van der Waals surface area contributed by atoms with Crippen molar-refractivity contribution >= 4 is 17.5 Å². The Morgan fingerprint density at radius 2 is 2.00 bits per heavy atom. The number of nitrogens with two attached hydrogens (primary N) is 2. The van der Waals surface area contributed by atoms with Crippen LogP contribution in [0.2, 0.25) is 5.02 Å². The summed E-state index contributed by atoms with van der Waals surface area (Å²) in [6, 6.07) is 16.1. The average Bonchev–Trinajstić information content (AvgIpc) is 3.16. The molecule has 0 unspecified atom stereocenters. The fraction of sp³-hybridized carbons (Fsp3) is 0.200. The molecule has 1 heterocycles. The van der Waals surface area contributed by atoms with E-state index in [0.717, 1.165) is 11.1 Å². The van der Waals surface area contributed by atoms with Crippen LogP contribution in [0.15, 0.2) is 59.1 Å². The molecule has 0 saturated heterocycles. The third-order valence-corrected chi connectivity index (χ3v) is 4.37. The Bertz CT molecular complexity index is 927. The van der Waals surface area contributed by atoms with Crippen molar-refractivity contribution in [1.29, 1.82) is 0 Å². The fourth-order valence-electron chi connectivity index (χ4n) is 2.69. The van der Waals surface area contributed by atoms with Gasteiger partial charge in [0.05, 0.1) is 6.04 Å². The third-order valence-electron chi connectivity index (χ3n) is 4.13. The highest BCUT2D eigenvalue weighted by Gasteiger charge is 2.14. The maximum atomic E-state index is 11.4. The molecule has 5 N–H and O–H groups in total. The van der Waals surface area contributed by atoms with Crippen molar-refractivity contribution in [2.45, 2.75) is 19.1 Å². The van der Waals surface area contributed by atoms with Crippen LogP contribution in [0.4, 0.5) is 0 Å². The predicted octanol–water partition coefficient (Wildman–Crippen LogP) is 2.48. The zero-order valence-corrected chi connectivity index (χ0v) is 15.9. The molecule has 3 rings (SSSR count). The van der Waals surface area contributed by atoms with Crippen molar-refractivity contribution in [3.8, 4) is 17.0 Å². The van der Waals surface area contributed by atoms with Crippen LogP contribution in [0.1, 0.15) is 11.3 Å². The first-order chi connectivity index (χ1) is 13.5. The fourth-order valence-corrected chi connectivity index (χ4v) is 2.88. The smallest absolute Gasteiger partial charge is 0.234 e. The van der Waals surface area contributed by atoms with E-state index in [4.69, 9.17) is 32.3 Å². The first-order valence-corrected chi connectivity index (χ1v) is 9.09. The van der Waals surface area contributed by atoms with Crippen LogP contribution in [-0.2, 0) is 17.8 Å². The number of benzene rings is 2. The van der Waals surface area contributed by atoms with Gasteiger partial charge in [0, 0.05) is 23.3 Å². The number of ether oxygens (including phenoxy) is 1. The normalized spacial score (nSPS) is 11.9. The summed E-state index contributed by atoms with van der Waals surface area (Å²) in [7, 11) is 0. The molecule has 0 fully saturated rings. The van der Waals surface area contributed by atoms with Crippen molar-refractivity contribution in [1.82, 2.24) is 10.5 Å². The lowest BCUT2D eigenvalue weighted by Crippen LogP contribution is -2.45. The highest BCUT2D eigenvalue weighted by atomic mass is 35.5. The van der Waals surface area contributed by atoms with Gasteiger partial charge in [-0.05, 0) is 36.2 Å². The van der Waals surface area contributed by atoms with E-state index in [1.54, 1.807) is 6.07 Å². The number of nitrogens with zero attached hydrogens (tertiary/aromatic N) is 1. The number of nitrogens with one attached hydrogen (secondary N) is 1. The summed E-state index contributed by atoms with van der Waals surface area (Å²) in [5.74, 6) is 0.832. The van der Waals surface area contributed by atoms with Gasteiger partial charge < -0.3 is 20.7 Å². The van der Waals surface area contributed by atoms with Crippen LogP contribution in [0.25, 0.3) is 11.3 Å². The van der Waals surface area contributed by atoms with Crippen LogP contribution in [0.3, 0.4) is 0 Å². The van der Waals surface area contributed by atoms with Gasteiger partial charge in [0.25, 0.3) is 0 Å². The van der Waals surface area contributed by atoms with Crippen LogP contribution >= 0.6 is 11.6 Å². The Balaban J connectivity index is 1.57. The second kappa shape index (κ2) is 9.36. The molecule has 0 bridgehead atoms. The molecule has 1 atom stereocenters. The minimum absolute atomic E-state index is 0.184. The Hall–Kier alpha value is -2.87. The van der Waals surface area contributed by atoms with Crippen LogP contribution in [0.5, 0.6) is 5.75 Å². The van der Waals surface area contributed by atoms with Gasteiger partial charge in [0.2, 0.25) is 5.91 Å². The van der Waals surface area contributed by atoms with Gasteiger partial charge in [-0.25, -0.2) is 0 Å². The molecular formula is C20H21ClN4O3. The van der Waals surface area contributed by atoms with Crippen LogP contribution in [-0.4, -0.2) is 23.8 Å². The number of primary amides is 1. The first kappa shape index (κ1) is 19.9. The lowest BCUT2D eigenvalue weighted by Gasteiger charge is -2.14. The molecular weight excluding hydrogens is 380 g/mol. The number of aromatic nitrogens is 1. The maximum Gasteiger partial charge on any atom is 0.234 e. The zero-order chi connectivity index (χ0) is 19.9. The average molecular weight is 401 g/mol. The monoisotopic (exact) mass is 400 g/mol. The molecule has 0 aliphatic rings. The second-order valence-corrected chi connectivity index (χ2v) is 6.63.